The third kappa shape index (κ3) is 13.1. The zero-order chi connectivity index (χ0) is 39.2. The van der Waals surface area contributed by atoms with Gasteiger partial charge in [-0.15, -0.1) is 0 Å². The Kier molecular flexibility index (Phi) is 19.5. The summed E-state index contributed by atoms with van der Waals surface area (Å²) in [6.07, 6.45) is 0. The molecule has 0 bridgehead atoms. The largest absolute Gasteiger partial charge is 1.00 e. The van der Waals surface area contributed by atoms with E-state index in [1.807, 2.05) is 30.3 Å². The van der Waals surface area contributed by atoms with E-state index in [-0.39, 0.29) is 65.0 Å². The van der Waals surface area contributed by atoms with Gasteiger partial charge in [0, 0.05) is 34.7 Å². The van der Waals surface area contributed by atoms with Gasteiger partial charge in [-0.2, -0.15) is 0 Å². The number of carbonyl (C=O) groups excluding carboxylic acids is 5. The smallest absolute Gasteiger partial charge is 0.870 e. The number of aromatic nitrogens is 1. The molecular weight excluding hydrogens is 729 g/mol. The van der Waals surface area contributed by atoms with Crippen molar-refractivity contribution in [2.75, 3.05) is 17.7 Å². The average molecular weight is 768 g/mol. The zero-order valence-corrected chi connectivity index (χ0v) is 31.1. The number of rotatable bonds is 6. The Balaban J connectivity index is 0.000000389. The first kappa shape index (κ1) is 48.1. The number of para-hydroxylation sites is 3. The van der Waals surface area contributed by atoms with E-state index in [2.05, 4.69) is 15.0 Å². The van der Waals surface area contributed by atoms with Gasteiger partial charge in [-0.05, 0) is 37.3 Å². The molecular formula is C42H38LiN3O11. The molecule has 8 N–H and O–H groups in total. The number of nitrogens with one attached hydrogen (secondary N) is 1. The van der Waals surface area contributed by atoms with Crippen molar-refractivity contribution in [3.8, 4) is 17.0 Å². The van der Waals surface area contributed by atoms with Crippen LogP contribution in [0.2, 0.25) is 0 Å². The number of esters is 1. The molecule has 0 aliphatic carbocycles. The molecule has 1 amide bonds. The molecule has 0 saturated carbocycles. The van der Waals surface area contributed by atoms with Crippen molar-refractivity contribution in [2.45, 2.75) is 13.8 Å². The minimum absolute atomic E-state index is 0. The first-order valence-corrected chi connectivity index (χ1v) is 16.3. The van der Waals surface area contributed by atoms with E-state index >= 15 is 0 Å². The van der Waals surface area contributed by atoms with Gasteiger partial charge in [-0.25, -0.2) is 9.78 Å². The first-order chi connectivity index (χ1) is 25.9. The van der Waals surface area contributed by atoms with E-state index in [9.17, 15) is 39.0 Å². The predicted octanol–water partition coefficient (Wildman–Crippen LogP) is 3.03. The Morgan fingerprint density at radius 3 is 1.86 bits per heavy atom. The Bertz CT molecular complexity index is 2340. The maximum Gasteiger partial charge on any atom is 1.00 e. The minimum atomic E-state index is -1.17. The number of nitrogens with zero attached hydrogens (tertiary/aromatic N) is 1. The number of Topliss-reactive ketones (excluding diaryl/α,β-unsaturated/α-hetero) is 3. The van der Waals surface area contributed by atoms with Gasteiger partial charge in [0.05, 0.1) is 16.8 Å². The summed E-state index contributed by atoms with van der Waals surface area (Å²) in [4.78, 5) is 70.0. The maximum absolute atomic E-state index is 11.4. The van der Waals surface area contributed by atoms with Gasteiger partial charge in [0.15, 0.2) is 23.9 Å². The summed E-state index contributed by atoms with van der Waals surface area (Å²) in [5, 5.41) is 22.5. The number of aromatic carboxylic acids is 1. The number of amides is 1. The molecule has 1 aliphatic heterocycles. The van der Waals surface area contributed by atoms with Crippen LogP contribution in [0.3, 0.4) is 0 Å². The molecule has 2 heterocycles. The van der Waals surface area contributed by atoms with Gasteiger partial charge in [0.1, 0.15) is 11.3 Å². The number of nitrogens with two attached hydrogens (primary N) is 1. The van der Waals surface area contributed by atoms with Crippen LogP contribution in [0.5, 0.6) is 5.75 Å². The van der Waals surface area contributed by atoms with Crippen LogP contribution in [0.1, 0.15) is 55.3 Å². The molecule has 57 heavy (non-hydrogen) atoms. The minimum Gasteiger partial charge on any atom is -0.870 e. The van der Waals surface area contributed by atoms with Crippen LogP contribution in [-0.2, 0) is 14.3 Å². The summed E-state index contributed by atoms with van der Waals surface area (Å²) in [5.41, 5.74) is 9.68. The molecule has 0 unspecified atom stereocenters. The van der Waals surface area contributed by atoms with Crippen molar-refractivity contribution in [3.63, 3.8) is 0 Å². The Morgan fingerprint density at radius 2 is 1.30 bits per heavy atom. The van der Waals surface area contributed by atoms with Crippen molar-refractivity contribution in [2.24, 2.45) is 0 Å². The van der Waals surface area contributed by atoms with Gasteiger partial charge in [-0.3, -0.25) is 24.0 Å². The molecule has 1 aliphatic rings. The topological polar surface area (TPSA) is 265 Å². The molecule has 1 aromatic heterocycles. The monoisotopic (exact) mass is 767 g/mol. The predicted molar refractivity (Wildman–Crippen MR) is 209 cm³/mol. The number of carboxylic acids is 1. The average Bonchev–Trinajstić information content (AvgIpc) is 3.47. The number of ether oxygens (including phenoxy) is 1. The molecule has 0 fully saturated rings. The zero-order valence-electron chi connectivity index (χ0n) is 31.1. The molecule has 288 valence electrons. The fraction of sp³-hybridized carbons (Fsp3) is 0.0714. The number of carboxylic acid groups (broad SMARTS) is 1. The molecule has 14 nitrogen and oxygen atoms in total. The maximum atomic E-state index is 11.4. The number of hydrogen-bond donors (Lipinski definition) is 4. The van der Waals surface area contributed by atoms with E-state index in [0.717, 1.165) is 0 Å². The molecule has 6 aromatic rings. The van der Waals surface area contributed by atoms with E-state index in [0.29, 0.717) is 44.5 Å². The number of anilines is 2. The summed E-state index contributed by atoms with van der Waals surface area (Å²) < 4.78 is 4.57. The summed E-state index contributed by atoms with van der Waals surface area (Å²) >= 11 is 0. The first-order valence-electron chi connectivity index (χ1n) is 16.3. The molecule has 0 radical (unpaired) electrons. The van der Waals surface area contributed by atoms with Crippen molar-refractivity contribution in [1.29, 1.82) is 0 Å². The third-order valence-corrected chi connectivity index (χ3v) is 7.60. The molecule has 15 heteroatoms. The second-order valence-electron chi connectivity index (χ2n) is 11.4. The van der Waals surface area contributed by atoms with Crippen molar-refractivity contribution < 1.29 is 73.5 Å². The van der Waals surface area contributed by atoms with Gasteiger partial charge in [0.25, 0.3) is 11.7 Å². The summed E-state index contributed by atoms with van der Waals surface area (Å²) in [6, 6.07) is 38.5. The van der Waals surface area contributed by atoms with Crippen LogP contribution in [0.15, 0.2) is 133 Å². The molecule has 5 aromatic carbocycles. The quantitative estimate of drug-likeness (QED) is 0.0627. The van der Waals surface area contributed by atoms with Crippen molar-refractivity contribution in [1.82, 2.24) is 4.98 Å². The van der Waals surface area contributed by atoms with E-state index < -0.39 is 23.6 Å². The normalized spacial score (nSPS) is 10.3. The fourth-order valence-electron chi connectivity index (χ4n) is 5.00. The van der Waals surface area contributed by atoms with Crippen LogP contribution in [0, 0.1) is 0 Å². The van der Waals surface area contributed by atoms with Gasteiger partial charge in [0.2, 0.25) is 0 Å². The number of nitrogen functional groups attached to an aromatic ring is 1. The summed E-state index contributed by atoms with van der Waals surface area (Å²) in [6.45, 7) is 2.60. The van der Waals surface area contributed by atoms with Gasteiger partial charge >= 0.3 is 30.8 Å². The Morgan fingerprint density at radius 1 is 0.754 bits per heavy atom. The van der Waals surface area contributed by atoms with Crippen LogP contribution < -0.4 is 29.9 Å². The van der Waals surface area contributed by atoms with Crippen LogP contribution in [-0.4, -0.2) is 68.0 Å². The summed E-state index contributed by atoms with van der Waals surface area (Å²) in [7, 11) is 0. The number of benzene rings is 5. The molecule has 0 spiro atoms. The van der Waals surface area contributed by atoms with Crippen LogP contribution >= 0.6 is 0 Å². The number of hydrogen-bond acceptors (Lipinski definition) is 11. The molecule has 0 saturated heterocycles. The number of fused-ring (bicyclic) bond motifs is 2. The van der Waals surface area contributed by atoms with Crippen molar-refractivity contribution >= 4 is 57.5 Å². The van der Waals surface area contributed by atoms with Crippen molar-refractivity contribution in [3.05, 3.63) is 156 Å². The number of carbonyl (C=O) groups is 6. The van der Waals surface area contributed by atoms with Gasteiger partial charge < -0.3 is 37.0 Å². The second kappa shape index (κ2) is 23.1. The van der Waals surface area contributed by atoms with Crippen LogP contribution in [0.25, 0.3) is 22.2 Å². The van der Waals surface area contributed by atoms with E-state index in [4.69, 9.17) is 5.73 Å². The molecule has 0 atom stereocenters. The number of aromatic hydroxyl groups is 1. The summed E-state index contributed by atoms with van der Waals surface area (Å²) in [5.74, 6) is -3.06. The SMILES string of the molecule is CC(=O)OCC(=O)c1ccccc1.CC(=O)c1ccccc1N.O.O=C(O)c1c(O)c(-c2ccccc2)nc2ccccc12.O=C1Nc2ccccc2C1=O.[Li+].[OH-]. The number of ketones is 3. The van der Waals surface area contributed by atoms with E-state index in [1.54, 1.807) is 103 Å². The second-order valence-corrected chi connectivity index (χ2v) is 11.4. The third-order valence-electron chi connectivity index (χ3n) is 7.60. The standard InChI is InChI=1S/C16H11NO3.C10H10O3.C8H5NO2.C8H9NO.Li.2H2O/c18-15-13(16(19)20)11-8-4-5-9-12(11)17-14(15)10-6-2-1-3-7-10;1-8(11)13-7-10(12)9-5-3-2-4-6-9;10-7-5-3-1-2-4-6(5)9-8(7)11;1-6(10)7-4-2-3-5-8(7)9;;;/h1-9,18H,(H,19,20);2-6H,7H2,1H3;1-4H,(H,9,10,11);2-5H,9H2,1H3;;2*1H2/q;;;;+1;;/p-1. The van der Waals surface area contributed by atoms with Crippen LogP contribution in [0.4, 0.5) is 11.4 Å². The number of pyridine rings is 1. The molecule has 7 rings (SSSR count). The fourth-order valence-corrected chi connectivity index (χ4v) is 5.00. The Hall–Kier alpha value is -6.95. The van der Waals surface area contributed by atoms with Gasteiger partial charge in [-0.1, -0.05) is 103 Å². The van der Waals surface area contributed by atoms with E-state index in [1.165, 1.54) is 13.8 Å². The Labute approximate surface area is 339 Å².